The van der Waals surface area contributed by atoms with Gasteiger partial charge in [-0.25, -0.2) is 8.78 Å². The Morgan fingerprint density at radius 1 is 1.32 bits per heavy atom. The van der Waals surface area contributed by atoms with Gasteiger partial charge in [0, 0.05) is 18.7 Å². The lowest BCUT2D eigenvalue weighted by molar-refractivity contribution is 0.0197. The highest BCUT2D eigenvalue weighted by Crippen LogP contribution is 2.20. The maximum absolute atomic E-state index is 13.5. The molecule has 0 heterocycles. The standard InChI is InChI=1S/C14H21F2NO2/c1-4-17(9-14(2,3)19)8-13(18)11-7-10(15)5-6-12(11)16/h5-7,13,18-19H,4,8-9H2,1-3H3. The van der Waals surface area contributed by atoms with Gasteiger partial charge in [-0.3, -0.25) is 4.90 Å². The van der Waals surface area contributed by atoms with E-state index in [1.54, 1.807) is 18.7 Å². The summed E-state index contributed by atoms with van der Waals surface area (Å²) in [5, 5.41) is 19.7. The number of aliphatic hydroxyl groups is 2. The highest BCUT2D eigenvalue weighted by molar-refractivity contribution is 5.21. The first-order valence-electron chi connectivity index (χ1n) is 6.30. The molecule has 5 heteroatoms. The first kappa shape index (κ1) is 16.0. The van der Waals surface area contributed by atoms with E-state index in [1.807, 2.05) is 6.92 Å². The second kappa shape index (κ2) is 6.41. The molecule has 0 saturated heterocycles. The van der Waals surface area contributed by atoms with Gasteiger partial charge in [-0.2, -0.15) is 0 Å². The van der Waals surface area contributed by atoms with Crippen LogP contribution >= 0.6 is 0 Å². The molecule has 0 amide bonds. The van der Waals surface area contributed by atoms with Gasteiger partial charge in [0.25, 0.3) is 0 Å². The van der Waals surface area contributed by atoms with Crippen LogP contribution in [0.5, 0.6) is 0 Å². The van der Waals surface area contributed by atoms with Crippen molar-refractivity contribution < 1.29 is 19.0 Å². The summed E-state index contributed by atoms with van der Waals surface area (Å²) in [5.74, 6) is -1.21. The van der Waals surface area contributed by atoms with Crippen molar-refractivity contribution in [2.75, 3.05) is 19.6 Å². The minimum atomic E-state index is -1.13. The van der Waals surface area contributed by atoms with Crippen LogP contribution in [0.25, 0.3) is 0 Å². The summed E-state index contributed by atoms with van der Waals surface area (Å²) in [6.45, 7) is 6.27. The van der Waals surface area contributed by atoms with E-state index in [9.17, 15) is 19.0 Å². The number of hydrogen-bond acceptors (Lipinski definition) is 3. The molecule has 1 atom stereocenters. The highest BCUT2D eigenvalue weighted by atomic mass is 19.1. The topological polar surface area (TPSA) is 43.7 Å². The lowest BCUT2D eigenvalue weighted by Gasteiger charge is -2.29. The average Bonchev–Trinajstić information content (AvgIpc) is 2.29. The number of likely N-dealkylation sites (N-methyl/N-ethyl adjacent to an activating group) is 1. The molecule has 0 radical (unpaired) electrons. The number of hydrogen-bond donors (Lipinski definition) is 2. The predicted octanol–water partition coefficient (Wildman–Crippen LogP) is 2.09. The molecule has 3 nitrogen and oxygen atoms in total. The van der Waals surface area contributed by atoms with E-state index in [-0.39, 0.29) is 12.1 Å². The molecule has 1 aromatic carbocycles. The second-order valence-electron chi connectivity index (χ2n) is 5.32. The van der Waals surface area contributed by atoms with E-state index >= 15 is 0 Å². The van der Waals surface area contributed by atoms with Crippen molar-refractivity contribution in [1.82, 2.24) is 4.90 Å². The van der Waals surface area contributed by atoms with Crippen LogP contribution in [0.2, 0.25) is 0 Å². The normalized spacial score (nSPS) is 13.9. The first-order chi connectivity index (χ1) is 8.73. The van der Waals surface area contributed by atoms with Crippen LogP contribution in [-0.4, -0.2) is 40.3 Å². The molecule has 19 heavy (non-hydrogen) atoms. The smallest absolute Gasteiger partial charge is 0.129 e. The highest BCUT2D eigenvalue weighted by Gasteiger charge is 2.21. The molecule has 0 aromatic heterocycles. The summed E-state index contributed by atoms with van der Waals surface area (Å²) in [5.41, 5.74) is -0.967. The lowest BCUT2D eigenvalue weighted by Crippen LogP contribution is -2.40. The molecular formula is C14H21F2NO2. The van der Waals surface area contributed by atoms with E-state index in [2.05, 4.69) is 0 Å². The molecule has 2 N–H and O–H groups in total. The maximum atomic E-state index is 13.5. The van der Waals surface area contributed by atoms with Crippen molar-refractivity contribution in [2.45, 2.75) is 32.5 Å². The average molecular weight is 273 g/mol. The number of aliphatic hydroxyl groups excluding tert-OH is 1. The van der Waals surface area contributed by atoms with Crippen LogP contribution in [0.3, 0.4) is 0 Å². The van der Waals surface area contributed by atoms with Crippen LogP contribution in [0.4, 0.5) is 8.78 Å². The van der Waals surface area contributed by atoms with Gasteiger partial charge in [0.15, 0.2) is 0 Å². The van der Waals surface area contributed by atoms with Gasteiger partial charge in [-0.15, -0.1) is 0 Å². The molecular weight excluding hydrogens is 252 g/mol. The van der Waals surface area contributed by atoms with E-state index in [4.69, 9.17) is 0 Å². The minimum absolute atomic E-state index is 0.0609. The molecule has 0 bridgehead atoms. The summed E-state index contributed by atoms with van der Waals surface area (Å²) in [6, 6.07) is 3.01. The Labute approximate surface area is 112 Å². The number of rotatable bonds is 6. The summed E-state index contributed by atoms with van der Waals surface area (Å²) < 4.78 is 26.6. The van der Waals surface area contributed by atoms with Gasteiger partial charge in [-0.1, -0.05) is 6.92 Å². The molecule has 0 aliphatic rings. The molecule has 0 fully saturated rings. The van der Waals surface area contributed by atoms with Crippen LogP contribution in [0.15, 0.2) is 18.2 Å². The largest absolute Gasteiger partial charge is 0.389 e. The number of halogens is 2. The summed E-state index contributed by atoms with van der Waals surface area (Å²) in [6.07, 6.45) is -1.13. The monoisotopic (exact) mass is 273 g/mol. The first-order valence-corrected chi connectivity index (χ1v) is 6.30. The van der Waals surface area contributed by atoms with Crippen molar-refractivity contribution >= 4 is 0 Å². The van der Waals surface area contributed by atoms with Gasteiger partial charge in [0.1, 0.15) is 11.6 Å². The Morgan fingerprint density at radius 3 is 2.47 bits per heavy atom. The summed E-state index contributed by atoms with van der Waals surface area (Å²) in [4.78, 5) is 1.79. The fraction of sp³-hybridized carbons (Fsp3) is 0.571. The van der Waals surface area contributed by atoms with Crippen LogP contribution in [-0.2, 0) is 0 Å². The quantitative estimate of drug-likeness (QED) is 0.834. The Hall–Kier alpha value is -1.04. The number of nitrogens with zero attached hydrogens (tertiary/aromatic N) is 1. The second-order valence-corrected chi connectivity index (χ2v) is 5.32. The SMILES string of the molecule is CCN(CC(O)c1cc(F)ccc1F)CC(C)(C)O. The predicted molar refractivity (Wildman–Crippen MR) is 69.7 cm³/mol. The van der Waals surface area contributed by atoms with Gasteiger partial charge in [0.05, 0.1) is 11.7 Å². The van der Waals surface area contributed by atoms with Gasteiger partial charge in [0.2, 0.25) is 0 Å². The third-order valence-electron chi connectivity index (χ3n) is 2.81. The van der Waals surface area contributed by atoms with E-state index < -0.39 is 23.3 Å². The summed E-state index contributed by atoms with van der Waals surface area (Å²) >= 11 is 0. The van der Waals surface area contributed by atoms with Gasteiger partial charge < -0.3 is 10.2 Å². The van der Waals surface area contributed by atoms with Crippen molar-refractivity contribution in [2.24, 2.45) is 0 Å². The van der Waals surface area contributed by atoms with Gasteiger partial charge >= 0.3 is 0 Å². The van der Waals surface area contributed by atoms with Crippen LogP contribution in [0.1, 0.15) is 32.4 Å². The molecule has 1 unspecified atom stereocenters. The Morgan fingerprint density at radius 2 is 1.95 bits per heavy atom. The number of benzene rings is 1. The Balaban J connectivity index is 2.77. The molecule has 108 valence electrons. The van der Waals surface area contributed by atoms with Crippen LogP contribution in [0, 0.1) is 11.6 Å². The van der Waals surface area contributed by atoms with Crippen molar-refractivity contribution in [3.63, 3.8) is 0 Å². The zero-order valence-corrected chi connectivity index (χ0v) is 11.5. The molecule has 0 spiro atoms. The lowest BCUT2D eigenvalue weighted by atomic mass is 10.1. The third-order valence-corrected chi connectivity index (χ3v) is 2.81. The zero-order valence-electron chi connectivity index (χ0n) is 11.5. The molecule has 0 aliphatic heterocycles. The molecule has 1 aromatic rings. The Kier molecular flexibility index (Phi) is 5.40. The zero-order chi connectivity index (χ0) is 14.6. The maximum Gasteiger partial charge on any atom is 0.129 e. The molecule has 0 saturated carbocycles. The fourth-order valence-corrected chi connectivity index (χ4v) is 1.97. The Bertz CT molecular complexity index is 418. The van der Waals surface area contributed by atoms with Crippen LogP contribution < -0.4 is 0 Å². The van der Waals surface area contributed by atoms with Crippen molar-refractivity contribution in [3.05, 3.63) is 35.4 Å². The fourth-order valence-electron chi connectivity index (χ4n) is 1.97. The van der Waals surface area contributed by atoms with Gasteiger partial charge in [-0.05, 0) is 38.6 Å². The molecule has 0 aliphatic carbocycles. The van der Waals surface area contributed by atoms with E-state index in [0.717, 1.165) is 18.2 Å². The van der Waals surface area contributed by atoms with E-state index in [1.165, 1.54) is 0 Å². The van der Waals surface area contributed by atoms with Crippen molar-refractivity contribution in [3.8, 4) is 0 Å². The minimum Gasteiger partial charge on any atom is -0.389 e. The third kappa shape index (κ3) is 5.22. The summed E-state index contributed by atoms with van der Waals surface area (Å²) in [7, 11) is 0. The van der Waals surface area contributed by atoms with E-state index in [0.29, 0.717) is 13.1 Å². The molecule has 1 rings (SSSR count). The van der Waals surface area contributed by atoms with Crippen molar-refractivity contribution in [1.29, 1.82) is 0 Å².